The molecule has 0 radical (unpaired) electrons. The molecule has 0 atom stereocenters. The van der Waals surface area contributed by atoms with Gasteiger partial charge < -0.3 is 15.2 Å². The highest BCUT2D eigenvalue weighted by atomic mass is 32.1. The first-order chi connectivity index (χ1) is 10.7. The van der Waals surface area contributed by atoms with Crippen molar-refractivity contribution >= 4 is 29.0 Å². The van der Waals surface area contributed by atoms with Crippen LogP contribution in [0.3, 0.4) is 0 Å². The monoisotopic (exact) mass is 339 g/mol. The summed E-state index contributed by atoms with van der Waals surface area (Å²) in [5, 5.41) is 0. The minimum absolute atomic E-state index is 0.219. The number of nitrogen functional groups attached to an aromatic ring is 1. The maximum absolute atomic E-state index is 12.6. The van der Waals surface area contributed by atoms with Crippen LogP contribution in [-0.2, 0) is 9.47 Å². The number of anilines is 1. The second-order valence-corrected chi connectivity index (χ2v) is 7.81. The van der Waals surface area contributed by atoms with Crippen molar-refractivity contribution in [2.75, 3.05) is 12.3 Å². The molecule has 0 bridgehead atoms. The molecule has 1 fully saturated rings. The zero-order valence-electron chi connectivity index (χ0n) is 14.2. The minimum Gasteiger partial charge on any atom is -0.462 e. The lowest BCUT2D eigenvalue weighted by molar-refractivity contribution is 0.00735. The lowest BCUT2D eigenvalue weighted by Gasteiger charge is -2.20. The molecule has 128 valence electrons. The van der Waals surface area contributed by atoms with E-state index in [-0.39, 0.29) is 12.5 Å². The predicted octanol–water partition coefficient (Wildman–Crippen LogP) is 4.12. The van der Waals surface area contributed by atoms with Crippen LogP contribution in [0.25, 0.3) is 0 Å². The Hall–Kier alpha value is -1.56. The number of hydrogen-bond acceptors (Lipinski definition) is 6. The molecule has 2 rings (SSSR count). The van der Waals surface area contributed by atoms with Gasteiger partial charge in [0, 0.05) is 5.56 Å². The smallest absolute Gasteiger partial charge is 0.350 e. The maximum atomic E-state index is 12.6. The van der Waals surface area contributed by atoms with E-state index < -0.39 is 17.5 Å². The van der Waals surface area contributed by atoms with E-state index in [2.05, 4.69) is 0 Å². The van der Waals surface area contributed by atoms with Crippen LogP contribution in [0, 0.1) is 0 Å². The number of esters is 2. The Labute approximate surface area is 141 Å². The molecule has 6 heteroatoms. The van der Waals surface area contributed by atoms with E-state index >= 15 is 0 Å². The van der Waals surface area contributed by atoms with Gasteiger partial charge in [0.1, 0.15) is 15.4 Å². The summed E-state index contributed by atoms with van der Waals surface area (Å²) in [4.78, 5) is 25.4. The van der Waals surface area contributed by atoms with Gasteiger partial charge in [0.15, 0.2) is 0 Å². The van der Waals surface area contributed by atoms with Crippen molar-refractivity contribution in [2.45, 2.75) is 64.9 Å². The summed E-state index contributed by atoms with van der Waals surface area (Å²) in [5.41, 5.74) is 6.80. The van der Waals surface area contributed by atoms with E-state index in [4.69, 9.17) is 15.2 Å². The Morgan fingerprint density at radius 2 is 1.78 bits per heavy atom. The fraction of sp³-hybridized carbons (Fsp3) is 0.647. The van der Waals surface area contributed by atoms with E-state index in [0.29, 0.717) is 15.4 Å². The lowest BCUT2D eigenvalue weighted by Crippen LogP contribution is -2.24. The molecule has 1 aromatic rings. The third-order valence-corrected chi connectivity index (χ3v) is 4.97. The number of ether oxygens (including phenoxy) is 2. The van der Waals surface area contributed by atoms with Crippen LogP contribution in [0.2, 0.25) is 0 Å². The summed E-state index contributed by atoms with van der Waals surface area (Å²) in [6.07, 6.45) is 4.20. The minimum atomic E-state index is -0.590. The molecule has 0 amide bonds. The molecular formula is C17H25NO4S. The van der Waals surface area contributed by atoms with Gasteiger partial charge in [0.25, 0.3) is 0 Å². The molecule has 1 aliphatic rings. The van der Waals surface area contributed by atoms with Crippen LogP contribution in [0.4, 0.5) is 5.69 Å². The first-order valence-electron chi connectivity index (χ1n) is 8.07. The summed E-state index contributed by atoms with van der Waals surface area (Å²) in [7, 11) is 0. The first kappa shape index (κ1) is 17.8. The average Bonchev–Trinajstić information content (AvgIpc) is 3.03. The van der Waals surface area contributed by atoms with Crippen LogP contribution >= 0.6 is 11.3 Å². The predicted molar refractivity (Wildman–Crippen MR) is 91.1 cm³/mol. The third kappa shape index (κ3) is 4.05. The van der Waals surface area contributed by atoms with Gasteiger partial charge >= 0.3 is 11.9 Å². The van der Waals surface area contributed by atoms with E-state index in [9.17, 15) is 9.59 Å². The number of rotatable bonds is 4. The van der Waals surface area contributed by atoms with Crippen LogP contribution in [-0.4, -0.2) is 24.1 Å². The Kier molecular flexibility index (Phi) is 5.34. The number of thiophene rings is 1. The van der Waals surface area contributed by atoms with Gasteiger partial charge in [0.2, 0.25) is 0 Å². The Morgan fingerprint density at radius 3 is 2.30 bits per heavy atom. The average molecular weight is 339 g/mol. The van der Waals surface area contributed by atoms with Crippen LogP contribution in [0.5, 0.6) is 0 Å². The summed E-state index contributed by atoms with van der Waals surface area (Å²) < 4.78 is 10.6. The van der Waals surface area contributed by atoms with Gasteiger partial charge in [-0.3, -0.25) is 0 Å². The van der Waals surface area contributed by atoms with Gasteiger partial charge in [-0.1, -0.05) is 12.8 Å². The Bertz CT molecular complexity index is 594. The lowest BCUT2D eigenvalue weighted by atomic mass is 9.96. The summed E-state index contributed by atoms with van der Waals surface area (Å²) in [6, 6.07) is 0. The molecule has 0 spiro atoms. The number of nitrogens with two attached hydrogens (primary N) is 1. The highest BCUT2D eigenvalue weighted by Gasteiger charge is 2.33. The normalized spacial score (nSPS) is 15.7. The number of hydrogen-bond donors (Lipinski definition) is 1. The highest BCUT2D eigenvalue weighted by molar-refractivity contribution is 7.16. The quantitative estimate of drug-likeness (QED) is 0.835. The van der Waals surface area contributed by atoms with Crippen molar-refractivity contribution in [3.05, 3.63) is 15.3 Å². The van der Waals surface area contributed by atoms with Gasteiger partial charge in [-0.25, -0.2) is 9.59 Å². The number of carbonyl (C=O) groups is 2. The van der Waals surface area contributed by atoms with Crippen molar-refractivity contribution in [3.8, 4) is 0 Å². The number of carbonyl (C=O) groups excluding carboxylic acids is 2. The molecule has 0 unspecified atom stereocenters. The largest absolute Gasteiger partial charge is 0.462 e. The fourth-order valence-corrected chi connectivity index (χ4v) is 3.98. The molecule has 1 aliphatic carbocycles. The molecule has 23 heavy (non-hydrogen) atoms. The van der Waals surface area contributed by atoms with Gasteiger partial charge in [-0.2, -0.15) is 0 Å². The Morgan fingerprint density at radius 1 is 1.17 bits per heavy atom. The van der Waals surface area contributed by atoms with Crippen molar-refractivity contribution in [1.82, 2.24) is 0 Å². The van der Waals surface area contributed by atoms with E-state index in [0.717, 1.165) is 42.6 Å². The molecule has 5 nitrogen and oxygen atoms in total. The molecule has 1 saturated carbocycles. The third-order valence-electron chi connectivity index (χ3n) is 3.79. The van der Waals surface area contributed by atoms with Crippen LogP contribution < -0.4 is 5.73 Å². The topological polar surface area (TPSA) is 78.6 Å². The highest BCUT2D eigenvalue weighted by Crippen LogP contribution is 2.44. The fourth-order valence-electron chi connectivity index (χ4n) is 2.90. The van der Waals surface area contributed by atoms with Crippen molar-refractivity contribution < 1.29 is 19.1 Å². The zero-order valence-corrected chi connectivity index (χ0v) is 15.0. The second kappa shape index (κ2) is 6.91. The zero-order chi connectivity index (χ0) is 17.2. The molecular weight excluding hydrogens is 314 g/mol. The SMILES string of the molecule is CCOC(=O)c1sc(C(=O)OC(C)(C)C)c(C2CCCC2)c1N. The molecule has 1 aromatic heterocycles. The van der Waals surface area contributed by atoms with Gasteiger partial charge in [0.05, 0.1) is 12.3 Å². The van der Waals surface area contributed by atoms with Gasteiger partial charge in [-0.15, -0.1) is 11.3 Å². The first-order valence-corrected chi connectivity index (χ1v) is 8.88. The maximum Gasteiger partial charge on any atom is 0.350 e. The molecule has 1 heterocycles. The molecule has 0 aliphatic heterocycles. The summed E-state index contributed by atoms with van der Waals surface area (Å²) in [5.74, 6) is -0.660. The van der Waals surface area contributed by atoms with E-state index in [1.54, 1.807) is 6.92 Å². The molecule has 0 aromatic carbocycles. The van der Waals surface area contributed by atoms with Crippen molar-refractivity contribution in [3.63, 3.8) is 0 Å². The summed E-state index contributed by atoms with van der Waals surface area (Å²) in [6.45, 7) is 7.49. The second-order valence-electron chi connectivity index (χ2n) is 6.79. The van der Waals surface area contributed by atoms with Crippen LogP contribution in [0.1, 0.15) is 84.2 Å². The Balaban J connectivity index is 2.44. The molecule has 0 saturated heterocycles. The molecule has 2 N–H and O–H groups in total. The van der Waals surface area contributed by atoms with E-state index in [1.165, 1.54) is 0 Å². The summed E-state index contributed by atoms with van der Waals surface area (Å²) >= 11 is 1.10. The van der Waals surface area contributed by atoms with Gasteiger partial charge in [-0.05, 0) is 46.5 Å². The van der Waals surface area contributed by atoms with Crippen LogP contribution in [0.15, 0.2) is 0 Å². The van der Waals surface area contributed by atoms with Crippen molar-refractivity contribution in [1.29, 1.82) is 0 Å². The van der Waals surface area contributed by atoms with Crippen molar-refractivity contribution in [2.24, 2.45) is 0 Å². The standard InChI is InChI=1S/C17H25NO4S/c1-5-21-15(19)14-12(18)11(10-8-6-7-9-10)13(23-14)16(20)22-17(2,3)4/h10H,5-9,18H2,1-4H3. The van der Waals surface area contributed by atoms with E-state index in [1.807, 2.05) is 20.8 Å².